The van der Waals surface area contributed by atoms with Gasteiger partial charge in [0.25, 0.3) is 0 Å². The van der Waals surface area contributed by atoms with Crippen LogP contribution in [0.15, 0.2) is 34.9 Å². The molecule has 0 N–H and O–H groups in total. The minimum absolute atomic E-state index is 0.166. The van der Waals surface area contributed by atoms with Crippen LogP contribution in [0.5, 0.6) is 0 Å². The molecule has 2 unspecified atom stereocenters. The predicted molar refractivity (Wildman–Crippen MR) is 91.8 cm³/mol. The first kappa shape index (κ1) is 16.3. The van der Waals surface area contributed by atoms with Gasteiger partial charge in [0.15, 0.2) is 0 Å². The van der Waals surface area contributed by atoms with Gasteiger partial charge < -0.3 is 14.2 Å². The lowest BCUT2D eigenvalue weighted by Crippen LogP contribution is -2.54. The van der Waals surface area contributed by atoms with Gasteiger partial charge in [0.2, 0.25) is 17.6 Å². The summed E-state index contributed by atoms with van der Waals surface area (Å²) in [6, 6.07) is 9.96. The van der Waals surface area contributed by atoms with Gasteiger partial charge in [-0.05, 0) is 12.8 Å². The Kier molecular flexibility index (Phi) is 4.78. The van der Waals surface area contributed by atoms with Crippen molar-refractivity contribution in [2.75, 3.05) is 13.2 Å². The van der Waals surface area contributed by atoms with E-state index < -0.39 is 0 Å². The summed E-state index contributed by atoms with van der Waals surface area (Å²) in [4.78, 5) is 19.1. The highest BCUT2D eigenvalue weighted by Gasteiger charge is 2.36. The van der Waals surface area contributed by atoms with Crippen LogP contribution in [0, 0.1) is 0 Å². The van der Waals surface area contributed by atoms with E-state index in [2.05, 4.69) is 10.1 Å². The number of fused-ring (bicyclic) bond motifs is 1. The standard InChI is InChI=1S/C19H23N3O3/c23-18(22-12-13-24-16-9-5-4-8-15(16)22)11-10-17-20-19(21-25-17)14-6-2-1-3-7-14/h1-3,6-7,15-16H,4-5,8-13H2. The van der Waals surface area contributed by atoms with Crippen molar-refractivity contribution in [1.29, 1.82) is 0 Å². The number of hydrogen-bond donors (Lipinski definition) is 0. The molecule has 0 bridgehead atoms. The van der Waals surface area contributed by atoms with E-state index in [1.165, 1.54) is 12.8 Å². The van der Waals surface area contributed by atoms with Crippen LogP contribution in [0.4, 0.5) is 0 Å². The Morgan fingerprint density at radius 2 is 2.04 bits per heavy atom. The lowest BCUT2D eigenvalue weighted by molar-refractivity contribution is -0.149. The summed E-state index contributed by atoms with van der Waals surface area (Å²) in [5.41, 5.74) is 0.919. The molecule has 132 valence electrons. The van der Waals surface area contributed by atoms with Gasteiger partial charge in [-0.2, -0.15) is 4.98 Å². The van der Waals surface area contributed by atoms with Gasteiger partial charge in [-0.1, -0.05) is 48.3 Å². The van der Waals surface area contributed by atoms with Gasteiger partial charge in [0.1, 0.15) is 0 Å². The molecule has 1 saturated carbocycles. The average Bonchev–Trinajstić information content (AvgIpc) is 3.15. The van der Waals surface area contributed by atoms with E-state index in [1.54, 1.807) is 0 Å². The fourth-order valence-corrected chi connectivity index (χ4v) is 3.82. The van der Waals surface area contributed by atoms with Crippen molar-refractivity contribution in [3.63, 3.8) is 0 Å². The smallest absolute Gasteiger partial charge is 0.227 e. The monoisotopic (exact) mass is 341 g/mol. The second-order valence-corrected chi connectivity index (χ2v) is 6.73. The highest BCUT2D eigenvalue weighted by Crippen LogP contribution is 2.29. The summed E-state index contributed by atoms with van der Waals surface area (Å²) >= 11 is 0. The molecular formula is C19H23N3O3. The molecule has 4 rings (SSSR count). The van der Waals surface area contributed by atoms with Gasteiger partial charge in [-0.3, -0.25) is 4.79 Å². The molecule has 1 amide bonds. The lowest BCUT2D eigenvalue weighted by atomic mass is 9.90. The third kappa shape index (κ3) is 3.58. The van der Waals surface area contributed by atoms with Crippen molar-refractivity contribution >= 4 is 5.91 Å². The average molecular weight is 341 g/mol. The number of nitrogens with zero attached hydrogens (tertiary/aromatic N) is 3. The summed E-state index contributed by atoms with van der Waals surface area (Å²) in [7, 11) is 0. The quantitative estimate of drug-likeness (QED) is 0.855. The zero-order valence-electron chi connectivity index (χ0n) is 14.3. The molecule has 1 aliphatic heterocycles. The minimum Gasteiger partial charge on any atom is -0.374 e. The number of aromatic nitrogens is 2. The van der Waals surface area contributed by atoms with Gasteiger partial charge >= 0.3 is 0 Å². The number of carbonyl (C=O) groups excluding carboxylic acids is 1. The second kappa shape index (κ2) is 7.35. The number of morpholine rings is 1. The van der Waals surface area contributed by atoms with E-state index in [0.717, 1.165) is 18.4 Å². The maximum atomic E-state index is 12.7. The van der Waals surface area contributed by atoms with Crippen LogP contribution in [-0.2, 0) is 16.0 Å². The van der Waals surface area contributed by atoms with Crippen molar-refractivity contribution in [3.05, 3.63) is 36.2 Å². The molecular weight excluding hydrogens is 318 g/mol. The molecule has 25 heavy (non-hydrogen) atoms. The molecule has 6 nitrogen and oxygen atoms in total. The van der Waals surface area contributed by atoms with Gasteiger partial charge in [-0.25, -0.2) is 0 Å². The molecule has 6 heteroatoms. The van der Waals surface area contributed by atoms with Crippen molar-refractivity contribution in [2.24, 2.45) is 0 Å². The summed E-state index contributed by atoms with van der Waals surface area (Å²) in [6.07, 6.45) is 5.60. The first-order valence-electron chi connectivity index (χ1n) is 9.10. The van der Waals surface area contributed by atoms with E-state index in [9.17, 15) is 4.79 Å². The number of aryl methyl sites for hydroxylation is 1. The first-order valence-corrected chi connectivity index (χ1v) is 9.10. The van der Waals surface area contributed by atoms with Crippen molar-refractivity contribution in [1.82, 2.24) is 15.0 Å². The second-order valence-electron chi connectivity index (χ2n) is 6.73. The normalized spacial score (nSPS) is 23.3. The fourth-order valence-electron chi connectivity index (χ4n) is 3.82. The van der Waals surface area contributed by atoms with Crippen LogP contribution in [0.2, 0.25) is 0 Å². The molecule has 2 heterocycles. The maximum Gasteiger partial charge on any atom is 0.227 e. The molecule has 2 atom stereocenters. The van der Waals surface area contributed by atoms with Crippen LogP contribution in [0.3, 0.4) is 0 Å². The zero-order valence-corrected chi connectivity index (χ0v) is 14.3. The molecule has 1 aromatic carbocycles. The number of carbonyl (C=O) groups is 1. The predicted octanol–water partition coefficient (Wildman–Crippen LogP) is 2.84. The van der Waals surface area contributed by atoms with Crippen LogP contribution < -0.4 is 0 Å². The number of ether oxygens (including phenoxy) is 1. The summed E-state index contributed by atoms with van der Waals surface area (Å²) in [6.45, 7) is 1.34. The Labute approximate surface area is 147 Å². The molecule has 1 aromatic heterocycles. The SMILES string of the molecule is O=C(CCc1nc(-c2ccccc2)no1)N1CCOC2CCCCC21. The third-order valence-corrected chi connectivity index (χ3v) is 5.11. The molecule has 0 radical (unpaired) electrons. The van der Waals surface area contributed by atoms with Gasteiger partial charge in [0.05, 0.1) is 18.8 Å². The third-order valence-electron chi connectivity index (χ3n) is 5.11. The summed E-state index contributed by atoms with van der Waals surface area (Å²) in [5, 5.41) is 4.01. The largest absolute Gasteiger partial charge is 0.374 e. The van der Waals surface area contributed by atoms with Gasteiger partial charge in [-0.15, -0.1) is 0 Å². The highest BCUT2D eigenvalue weighted by atomic mass is 16.5. The number of benzene rings is 1. The van der Waals surface area contributed by atoms with E-state index in [4.69, 9.17) is 9.26 Å². The topological polar surface area (TPSA) is 68.5 Å². The molecule has 2 aromatic rings. The summed E-state index contributed by atoms with van der Waals surface area (Å²) < 4.78 is 11.1. The van der Waals surface area contributed by atoms with E-state index in [-0.39, 0.29) is 18.1 Å². The van der Waals surface area contributed by atoms with E-state index in [0.29, 0.717) is 37.7 Å². The molecule has 0 spiro atoms. The molecule has 1 aliphatic carbocycles. The van der Waals surface area contributed by atoms with Crippen molar-refractivity contribution < 1.29 is 14.1 Å². The van der Waals surface area contributed by atoms with Crippen LogP contribution >= 0.6 is 0 Å². The Morgan fingerprint density at radius 3 is 2.92 bits per heavy atom. The Morgan fingerprint density at radius 1 is 1.20 bits per heavy atom. The molecule has 2 aliphatic rings. The Balaban J connectivity index is 1.36. The minimum atomic E-state index is 0.166. The van der Waals surface area contributed by atoms with Crippen molar-refractivity contribution in [3.8, 4) is 11.4 Å². The Hall–Kier alpha value is -2.21. The number of hydrogen-bond acceptors (Lipinski definition) is 5. The van der Waals surface area contributed by atoms with Gasteiger partial charge in [0, 0.05) is 24.9 Å². The van der Waals surface area contributed by atoms with Crippen LogP contribution in [-0.4, -0.2) is 46.2 Å². The van der Waals surface area contributed by atoms with E-state index >= 15 is 0 Å². The first-order chi connectivity index (χ1) is 12.3. The highest BCUT2D eigenvalue weighted by molar-refractivity contribution is 5.77. The Bertz CT molecular complexity index is 714. The number of rotatable bonds is 4. The lowest BCUT2D eigenvalue weighted by Gasteiger charge is -2.43. The molecule has 2 fully saturated rings. The fraction of sp³-hybridized carbons (Fsp3) is 0.526. The zero-order chi connectivity index (χ0) is 17.1. The summed E-state index contributed by atoms with van der Waals surface area (Å²) in [5.74, 6) is 1.25. The van der Waals surface area contributed by atoms with Crippen LogP contribution in [0.25, 0.3) is 11.4 Å². The molecule has 1 saturated heterocycles. The number of amides is 1. The van der Waals surface area contributed by atoms with Crippen molar-refractivity contribution in [2.45, 2.75) is 50.7 Å². The van der Waals surface area contributed by atoms with Crippen LogP contribution in [0.1, 0.15) is 38.0 Å². The maximum absolute atomic E-state index is 12.7. The van der Waals surface area contributed by atoms with E-state index in [1.807, 2.05) is 35.2 Å².